The van der Waals surface area contributed by atoms with Crippen molar-refractivity contribution >= 4 is 11.9 Å². The van der Waals surface area contributed by atoms with E-state index in [0.29, 0.717) is 38.9 Å². The van der Waals surface area contributed by atoms with Crippen LogP contribution < -0.4 is 16.0 Å². The van der Waals surface area contributed by atoms with Crippen LogP contribution in [0.15, 0.2) is 12.7 Å². The molecule has 0 aromatic carbocycles. The Balaban J connectivity index is 1.43. The largest absolute Gasteiger partial charge is 0.378 e. The van der Waals surface area contributed by atoms with E-state index in [-0.39, 0.29) is 66.9 Å². The summed E-state index contributed by atoms with van der Waals surface area (Å²) < 4.78 is 51.4. The van der Waals surface area contributed by atoms with Crippen LogP contribution in [0.3, 0.4) is 0 Å². The molecule has 6 aliphatic rings. The van der Waals surface area contributed by atoms with Crippen molar-refractivity contribution in [1.82, 2.24) is 30.7 Å². The number of rotatable bonds is 5. The summed E-state index contributed by atoms with van der Waals surface area (Å²) in [5, 5.41) is 10.7. The average Bonchev–Trinajstić information content (AvgIpc) is 3.05. The molecule has 1 aliphatic carbocycles. The van der Waals surface area contributed by atoms with Gasteiger partial charge < -0.3 is 34.6 Å². The third-order valence-electron chi connectivity index (χ3n) is 12.2. The zero-order valence-electron chi connectivity index (χ0n) is 28.7. The number of hydrogen-bond donors (Lipinski definition) is 3. The zero-order valence-corrected chi connectivity index (χ0v) is 28.7. The summed E-state index contributed by atoms with van der Waals surface area (Å²) in [4.78, 5) is 33.0. The molecule has 13 unspecified atom stereocenters. The monoisotopic (exact) mass is 666 g/mol. The highest BCUT2D eigenvalue weighted by Crippen LogP contribution is 2.44. The first-order valence-electron chi connectivity index (χ1n) is 17.8. The number of ether oxygens (including phenoxy) is 3. The molecule has 11 nitrogen and oxygen atoms in total. The Labute approximate surface area is 278 Å². The molecule has 1 saturated carbocycles. The third kappa shape index (κ3) is 6.45. The number of urea groups is 1. The predicted molar refractivity (Wildman–Crippen MR) is 173 cm³/mol. The van der Waals surface area contributed by atoms with Crippen molar-refractivity contribution in [2.24, 2.45) is 23.7 Å². The van der Waals surface area contributed by atoms with E-state index in [1.54, 1.807) is 19.1 Å². The second kappa shape index (κ2) is 14.5. The summed E-state index contributed by atoms with van der Waals surface area (Å²) >= 11 is 0. The van der Waals surface area contributed by atoms with Gasteiger partial charge in [-0.25, -0.2) is 13.6 Å². The maximum atomic E-state index is 16.7. The molecule has 5 aliphatic heterocycles. The topological polar surface area (TPSA) is 108 Å². The molecule has 266 valence electrons. The number of hydrogen-bond acceptors (Lipinski definition) is 8. The van der Waals surface area contributed by atoms with Gasteiger partial charge in [-0.15, -0.1) is 0 Å². The Morgan fingerprint density at radius 2 is 1.87 bits per heavy atom. The van der Waals surface area contributed by atoms with Crippen LogP contribution >= 0.6 is 0 Å². The van der Waals surface area contributed by atoms with Gasteiger partial charge in [-0.3, -0.25) is 15.0 Å². The fourth-order valence-corrected chi connectivity index (χ4v) is 9.94. The van der Waals surface area contributed by atoms with Gasteiger partial charge in [-0.1, -0.05) is 20.4 Å². The first-order chi connectivity index (χ1) is 22.6. The van der Waals surface area contributed by atoms with Gasteiger partial charge in [-0.2, -0.15) is 0 Å². The van der Waals surface area contributed by atoms with Crippen molar-refractivity contribution in [3.05, 3.63) is 12.7 Å². The Morgan fingerprint density at radius 1 is 1.09 bits per heavy atom. The van der Waals surface area contributed by atoms with Crippen molar-refractivity contribution < 1.29 is 32.6 Å². The standard InChI is InChI=1S/C34H56F2N6O5/c1-7-26(43)40-13-14-41(19(4)16-40)32-21-15-23(36)29-27-22(35)9-8-10-24(27)47-17-25(45-5)31(46-6)20-11-12-37-28(18(2)3)30(20)42(33(21)38-29)34(44)39-32/h7,18-25,27-33,37-38H,1,8-17H2,2-6H3,(H,39,44)/t19-,20?,21?,22?,23?,24?,25?,27?,28?,29?,30?,31?,32?,33?/m0/s1. The van der Waals surface area contributed by atoms with Crippen molar-refractivity contribution in [2.45, 2.75) is 120 Å². The summed E-state index contributed by atoms with van der Waals surface area (Å²) in [5.41, 5.74) is 0. The number of nitrogens with one attached hydrogen (secondary N) is 3. The van der Waals surface area contributed by atoms with Crippen LogP contribution in [0.2, 0.25) is 0 Å². The highest BCUT2D eigenvalue weighted by molar-refractivity contribution is 5.87. The number of fused-ring (bicyclic) bond motifs is 5. The molecule has 2 bridgehead atoms. The molecular weight excluding hydrogens is 610 g/mol. The maximum absolute atomic E-state index is 16.7. The van der Waals surface area contributed by atoms with Gasteiger partial charge in [0.2, 0.25) is 5.91 Å². The van der Waals surface area contributed by atoms with Crippen molar-refractivity contribution in [3.8, 4) is 0 Å². The molecule has 0 aromatic rings. The lowest BCUT2D eigenvalue weighted by molar-refractivity contribution is -0.167. The van der Waals surface area contributed by atoms with Crippen molar-refractivity contribution in [1.29, 1.82) is 0 Å². The van der Waals surface area contributed by atoms with Crippen LogP contribution in [0.5, 0.6) is 0 Å². The van der Waals surface area contributed by atoms with Gasteiger partial charge in [0.05, 0.1) is 37.2 Å². The summed E-state index contributed by atoms with van der Waals surface area (Å²) in [5.74, 6) is -1.08. The van der Waals surface area contributed by atoms with Gasteiger partial charge in [0.25, 0.3) is 0 Å². The lowest BCUT2D eigenvalue weighted by atomic mass is 9.71. The fraction of sp³-hybridized carbons (Fsp3) is 0.882. The van der Waals surface area contributed by atoms with E-state index in [2.05, 4.69) is 41.3 Å². The number of nitrogens with zero attached hydrogens (tertiary/aromatic N) is 3. The maximum Gasteiger partial charge on any atom is 0.320 e. The Kier molecular flexibility index (Phi) is 10.8. The van der Waals surface area contributed by atoms with E-state index in [0.717, 1.165) is 13.0 Å². The molecule has 14 atom stereocenters. The predicted octanol–water partition coefficient (Wildman–Crippen LogP) is 2.27. The van der Waals surface area contributed by atoms with Gasteiger partial charge in [-0.05, 0) is 57.6 Å². The van der Waals surface area contributed by atoms with Crippen molar-refractivity contribution in [3.63, 3.8) is 0 Å². The number of halogens is 2. The minimum absolute atomic E-state index is 0.0669. The molecular formula is C34H56F2N6O5. The van der Waals surface area contributed by atoms with E-state index in [1.807, 2.05) is 11.8 Å². The minimum atomic E-state index is -1.34. The lowest BCUT2D eigenvalue weighted by Crippen LogP contribution is -2.80. The number of piperazine rings is 1. The van der Waals surface area contributed by atoms with Crippen LogP contribution in [0.1, 0.15) is 52.9 Å². The van der Waals surface area contributed by atoms with E-state index in [1.165, 1.54) is 6.08 Å². The fourth-order valence-electron chi connectivity index (χ4n) is 9.94. The van der Waals surface area contributed by atoms with Crippen molar-refractivity contribution in [2.75, 3.05) is 47.0 Å². The Bertz CT molecular complexity index is 1140. The first kappa shape index (κ1) is 34.9. The van der Waals surface area contributed by atoms with Crippen LogP contribution in [0, 0.1) is 23.7 Å². The molecule has 6 rings (SSSR count). The van der Waals surface area contributed by atoms with E-state index < -0.39 is 48.8 Å². The number of carbonyl (C=O) groups is 2. The van der Waals surface area contributed by atoms with Gasteiger partial charge in [0, 0.05) is 69.7 Å². The first-order valence-corrected chi connectivity index (χ1v) is 17.8. The second-order valence-corrected chi connectivity index (χ2v) is 15.0. The molecule has 0 aromatic heterocycles. The van der Waals surface area contributed by atoms with Gasteiger partial charge in [0.15, 0.2) is 0 Å². The highest BCUT2D eigenvalue weighted by atomic mass is 19.1. The lowest BCUT2D eigenvalue weighted by Gasteiger charge is -2.61. The van der Waals surface area contributed by atoms with Crippen LogP contribution in [0.4, 0.5) is 13.6 Å². The molecule has 3 N–H and O–H groups in total. The summed E-state index contributed by atoms with van der Waals surface area (Å²) in [6.07, 6.45) is -0.967. The van der Waals surface area contributed by atoms with Crippen LogP contribution in [-0.4, -0.2) is 141 Å². The summed E-state index contributed by atoms with van der Waals surface area (Å²) in [6.45, 7) is 12.4. The Morgan fingerprint density at radius 3 is 2.55 bits per heavy atom. The molecule has 13 heteroatoms. The quantitative estimate of drug-likeness (QED) is 0.384. The molecule has 6 fully saturated rings. The van der Waals surface area contributed by atoms with Crippen LogP contribution in [0.25, 0.3) is 0 Å². The van der Waals surface area contributed by atoms with E-state index >= 15 is 8.78 Å². The number of piperidine rings is 2. The normalized spacial score (nSPS) is 44.8. The molecule has 0 spiro atoms. The number of alkyl halides is 2. The SMILES string of the molecule is C=CC(=O)N1CCN(C2NC(=O)N3C4NC(C(F)CC42)C2C(F)CCCC2OCC(OC)C(OC)C2CCNC(C(C)C)C23)[C@@H](C)C1. The highest BCUT2D eigenvalue weighted by Gasteiger charge is 2.59. The molecule has 0 radical (unpaired) electrons. The second-order valence-electron chi connectivity index (χ2n) is 15.0. The molecule has 47 heavy (non-hydrogen) atoms. The number of amides is 3. The molecule has 5 saturated heterocycles. The Hall–Kier alpha value is -1.90. The average molecular weight is 667 g/mol. The molecule has 3 amide bonds. The zero-order chi connectivity index (χ0) is 33.6. The van der Waals surface area contributed by atoms with Gasteiger partial charge in [0.1, 0.15) is 18.4 Å². The van der Waals surface area contributed by atoms with Gasteiger partial charge >= 0.3 is 6.03 Å². The van der Waals surface area contributed by atoms with Crippen LogP contribution in [-0.2, 0) is 19.0 Å². The minimum Gasteiger partial charge on any atom is -0.378 e. The number of carbonyl (C=O) groups excluding carboxylic acids is 2. The number of methoxy groups -OCH3 is 2. The summed E-state index contributed by atoms with van der Waals surface area (Å²) in [7, 11) is 3.33. The smallest absolute Gasteiger partial charge is 0.320 e. The molecule has 5 heterocycles. The summed E-state index contributed by atoms with van der Waals surface area (Å²) in [6, 6.07) is -1.49. The third-order valence-corrected chi connectivity index (χ3v) is 12.2. The van der Waals surface area contributed by atoms with E-state index in [9.17, 15) is 9.59 Å². The van der Waals surface area contributed by atoms with E-state index in [4.69, 9.17) is 14.2 Å².